The molecule has 0 heterocycles. The van der Waals surface area contributed by atoms with Crippen molar-refractivity contribution in [3.05, 3.63) is 31.7 Å². The minimum Gasteiger partial charge on any atom is -0.198 e. The zero-order chi connectivity index (χ0) is 9.14. The van der Waals surface area contributed by atoms with Gasteiger partial charge in [-0.3, -0.25) is 0 Å². The minimum atomic E-state index is 0.326. The molecule has 0 atom stereocenters. The third-order valence-corrected chi connectivity index (χ3v) is 2.86. The molecule has 0 aliphatic heterocycles. The van der Waals surface area contributed by atoms with Crippen LogP contribution < -0.4 is 0 Å². The Labute approximate surface area is 92.6 Å². The summed E-state index contributed by atoms with van der Waals surface area (Å²) in [6.45, 7) is 0. The van der Waals surface area contributed by atoms with Gasteiger partial charge in [-0.05, 0) is 17.7 Å². The quantitative estimate of drug-likeness (QED) is 0.771. The molecule has 0 radical (unpaired) electrons. The van der Waals surface area contributed by atoms with E-state index in [0.29, 0.717) is 11.4 Å². The summed E-state index contributed by atoms with van der Waals surface area (Å²) in [5.41, 5.74) is 0.836. The summed E-state index contributed by atoms with van der Waals surface area (Å²) < 4.78 is 1.77. The topological polar surface area (TPSA) is 23.8 Å². The number of halogens is 3. The van der Waals surface area contributed by atoms with Crippen LogP contribution in [0, 0.1) is 11.3 Å². The highest BCUT2D eigenvalue weighted by molar-refractivity contribution is 9.11. The summed E-state index contributed by atoms with van der Waals surface area (Å²) in [7, 11) is 0. The summed E-state index contributed by atoms with van der Waals surface area (Å²) in [6, 6.07) is 5.71. The Hall–Kier alpha value is -0.0400. The first-order valence-electron chi connectivity index (χ1n) is 3.15. The Kier molecular flexibility index (Phi) is 3.57. The molecule has 0 saturated heterocycles. The summed E-state index contributed by atoms with van der Waals surface area (Å²) in [5.74, 6) is 0. The molecule has 62 valence electrons. The lowest BCUT2D eigenvalue weighted by Gasteiger charge is -2.02. The van der Waals surface area contributed by atoms with E-state index in [0.717, 1.165) is 14.5 Å². The molecule has 0 saturated carbocycles. The molecule has 1 rings (SSSR count). The Bertz CT molecular complexity index is 320. The van der Waals surface area contributed by atoms with Gasteiger partial charge in [0.25, 0.3) is 0 Å². The number of hydrogen-bond donors (Lipinski definition) is 0. The van der Waals surface area contributed by atoms with Crippen LogP contribution in [0.2, 0.25) is 5.02 Å². The highest BCUT2D eigenvalue weighted by Gasteiger charge is 2.05. The van der Waals surface area contributed by atoms with Gasteiger partial charge in [0.05, 0.1) is 12.5 Å². The fourth-order valence-corrected chi connectivity index (χ4v) is 2.72. The molecular weight excluding hydrogens is 305 g/mol. The Morgan fingerprint density at radius 1 is 1.42 bits per heavy atom. The maximum Gasteiger partial charge on any atom is 0.0670 e. The molecule has 0 bridgehead atoms. The van der Waals surface area contributed by atoms with Crippen LogP contribution in [-0.4, -0.2) is 0 Å². The van der Waals surface area contributed by atoms with Crippen LogP contribution in [-0.2, 0) is 6.42 Å². The summed E-state index contributed by atoms with van der Waals surface area (Å²) in [5, 5.41) is 9.11. The lowest BCUT2D eigenvalue weighted by Crippen LogP contribution is -1.85. The van der Waals surface area contributed by atoms with E-state index in [2.05, 4.69) is 37.9 Å². The molecule has 0 unspecified atom stereocenters. The van der Waals surface area contributed by atoms with Crippen molar-refractivity contribution in [2.75, 3.05) is 0 Å². The van der Waals surface area contributed by atoms with Crippen LogP contribution >= 0.6 is 43.5 Å². The van der Waals surface area contributed by atoms with Gasteiger partial charge in [0.1, 0.15) is 0 Å². The SMILES string of the molecule is N#CCc1c(Cl)cc(Br)cc1Br. The van der Waals surface area contributed by atoms with Crippen LogP contribution in [0.15, 0.2) is 21.1 Å². The fraction of sp³-hybridized carbons (Fsp3) is 0.125. The molecule has 0 N–H and O–H groups in total. The zero-order valence-corrected chi connectivity index (χ0v) is 9.87. The van der Waals surface area contributed by atoms with Crippen molar-refractivity contribution in [1.82, 2.24) is 0 Å². The molecule has 1 aromatic rings. The number of benzene rings is 1. The molecule has 0 aliphatic carbocycles. The van der Waals surface area contributed by atoms with Gasteiger partial charge in [-0.15, -0.1) is 0 Å². The largest absolute Gasteiger partial charge is 0.198 e. The number of rotatable bonds is 1. The number of hydrogen-bond acceptors (Lipinski definition) is 1. The molecule has 0 aliphatic rings. The fourth-order valence-electron chi connectivity index (χ4n) is 0.820. The molecule has 0 fully saturated rings. The number of nitrogens with zero attached hydrogens (tertiary/aromatic N) is 1. The predicted octanol–water partition coefficient (Wildman–Crippen LogP) is 3.93. The predicted molar refractivity (Wildman–Crippen MR) is 56.2 cm³/mol. The third-order valence-electron chi connectivity index (χ3n) is 1.36. The highest BCUT2D eigenvalue weighted by Crippen LogP contribution is 2.29. The standard InChI is InChI=1S/C8H4Br2ClN/c9-5-3-7(10)6(1-2-12)8(11)4-5/h3-4H,1H2. The van der Waals surface area contributed by atoms with E-state index in [1.54, 1.807) is 6.07 Å². The van der Waals surface area contributed by atoms with E-state index in [-0.39, 0.29) is 0 Å². The second-order valence-corrected chi connectivity index (χ2v) is 4.36. The van der Waals surface area contributed by atoms with E-state index in [1.807, 2.05) is 6.07 Å². The second kappa shape index (κ2) is 4.27. The van der Waals surface area contributed by atoms with Gasteiger partial charge in [-0.1, -0.05) is 43.5 Å². The molecular formula is C8H4Br2ClN. The van der Waals surface area contributed by atoms with E-state index >= 15 is 0 Å². The molecule has 1 nitrogen and oxygen atoms in total. The summed E-state index contributed by atoms with van der Waals surface area (Å²) in [4.78, 5) is 0. The normalized spacial score (nSPS) is 9.50. The van der Waals surface area contributed by atoms with Crippen LogP contribution in [0.3, 0.4) is 0 Å². The van der Waals surface area contributed by atoms with Crippen molar-refractivity contribution in [3.63, 3.8) is 0 Å². The third kappa shape index (κ3) is 2.22. The maximum atomic E-state index is 8.50. The average molecular weight is 309 g/mol. The Balaban J connectivity index is 3.21. The molecule has 4 heteroatoms. The smallest absolute Gasteiger partial charge is 0.0670 e. The maximum absolute atomic E-state index is 8.50. The van der Waals surface area contributed by atoms with Crippen LogP contribution in [0.4, 0.5) is 0 Å². The molecule has 0 aromatic heterocycles. The minimum absolute atomic E-state index is 0.326. The molecule has 12 heavy (non-hydrogen) atoms. The van der Waals surface area contributed by atoms with E-state index < -0.39 is 0 Å². The van der Waals surface area contributed by atoms with Gasteiger partial charge in [0.2, 0.25) is 0 Å². The lowest BCUT2D eigenvalue weighted by atomic mass is 10.2. The first-order valence-corrected chi connectivity index (χ1v) is 5.12. The summed E-state index contributed by atoms with van der Waals surface area (Å²) in [6.07, 6.45) is 0.326. The number of nitriles is 1. The van der Waals surface area contributed by atoms with Crippen molar-refractivity contribution < 1.29 is 0 Å². The zero-order valence-electron chi connectivity index (χ0n) is 5.94. The van der Waals surface area contributed by atoms with Gasteiger partial charge < -0.3 is 0 Å². The van der Waals surface area contributed by atoms with Crippen LogP contribution in [0.1, 0.15) is 5.56 Å². The monoisotopic (exact) mass is 307 g/mol. The molecule has 1 aromatic carbocycles. The van der Waals surface area contributed by atoms with E-state index in [4.69, 9.17) is 16.9 Å². The summed E-state index contributed by atoms with van der Waals surface area (Å²) >= 11 is 12.5. The van der Waals surface area contributed by atoms with Crippen molar-refractivity contribution in [2.24, 2.45) is 0 Å². The van der Waals surface area contributed by atoms with Gasteiger partial charge >= 0.3 is 0 Å². The van der Waals surface area contributed by atoms with Gasteiger partial charge in [-0.25, -0.2) is 0 Å². The van der Waals surface area contributed by atoms with Crippen LogP contribution in [0.5, 0.6) is 0 Å². The van der Waals surface area contributed by atoms with Gasteiger partial charge in [-0.2, -0.15) is 5.26 Å². The van der Waals surface area contributed by atoms with Crippen molar-refractivity contribution in [1.29, 1.82) is 5.26 Å². The van der Waals surface area contributed by atoms with Crippen LogP contribution in [0.25, 0.3) is 0 Å². The van der Waals surface area contributed by atoms with Crippen molar-refractivity contribution in [3.8, 4) is 6.07 Å². The van der Waals surface area contributed by atoms with Gasteiger partial charge in [0, 0.05) is 14.0 Å². The van der Waals surface area contributed by atoms with Crippen molar-refractivity contribution in [2.45, 2.75) is 6.42 Å². The lowest BCUT2D eigenvalue weighted by molar-refractivity contribution is 1.24. The van der Waals surface area contributed by atoms with E-state index in [1.165, 1.54) is 0 Å². The Morgan fingerprint density at radius 3 is 2.58 bits per heavy atom. The molecule has 0 spiro atoms. The van der Waals surface area contributed by atoms with E-state index in [9.17, 15) is 0 Å². The Morgan fingerprint density at radius 2 is 2.08 bits per heavy atom. The molecule has 0 amide bonds. The first-order chi connectivity index (χ1) is 5.65. The van der Waals surface area contributed by atoms with Crippen molar-refractivity contribution >= 4 is 43.5 Å². The second-order valence-electron chi connectivity index (χ2n) is 2.18. The van der Waals surface area contributed by atoms with Gasteiger partial charge in [0.15, 0.2) is 0 Å². The highest BCUT2D eigenvalue weighted by atomic mass is 79.9. The average Bonchev–Trinajstić information content (AvgIpc) is 1.96. The first kappa shape index (κ1) is 10.0.